The van der Waals surface area contributed by atoms with E-state index in [1.807, 2.05) is 6.08 Å². The van der Waals surface area contributed by atoms with Gasteiger partial charge in [0.05, 0.1) is 5.75 Å². The molecule has 0 aliphatic heterocycles. The highest BCUT2D eigenvalue weighted by Crippen LogP contribution is 2.25. The van der Waals surface area contributed by atoms with Crippen LogP contribution >= 0.6 is 27.7 Å². The number of rotatable bonds is 6. The first-order valence-corrected chi connectivity index (χ1v) is 9.50. The first-order chi connectivity index (χ1) is 13.2. The van der Waals surface area contributed by atoms with Gasteiger partial charge in [-0.3, -0.25) is 5.10 Å². The monoisotopic (exact) mass is 447 g/mol. The molecule has 0 aliphatic rings. The van der Waals surface area contributed by atoms with E-state index in [2.05, 4.69) is 41.3 Å². The van der Waals surface area contributed by atoms with Gasteiger partial charge in [0.2, 0.25) is 11.0 Å². The van der Waals surface area contributed by atoms with Crippen LogP contribution < -0.4 is 0 Å². The van der Waals surface area contributed by atoms with Crippen LogP contribution in [0.25, 0.3) is 23.8 Å². The number of benzene rings is 1. The van der Waals surface area contributed by atoms with Gasteiger partial charge in [0.15, 0.2) is 10.4 Å². The second-order valence-corrected chi connectivity index (χ2v) is 7.01. The molecule has 10 heteroatoms. The zero-order chi connectivity index (χ0) is 18.6. The van der Waals surface area contributed by atoms with Crippen molar-refractivity contribution in [2.24, 2.45) is 0 Å². The quantitative estimate of drug-likeness (QED) is 0.423. The number of thioether (sulfide) groups is 1. The second kappa shape index (κ2) is 7.89. The number of hydrogen-bond acceptors (Lipinski definition) is 7. The highest BCUT2D eigenvalue weighted by atomic mass is 79.9. The molecule has 0 fully saturated rings. The predicted octanol–water partition coefficient (Wildman–Crippen LogP) is 4.81. The van der Waals surface area contributed by atoms with E-state index in [0.29, 0.717) is 38.9 Å². The summed E-state index contributed by atoms with van der Waals surface area (Å²) in [5, 5.41) is 15.4. The topological polar surface area (TPSA) is 93.6 Å². The van der Waals surface area contributed by atoms with Crippen molar-refractivity contribution in [1.29, 1.82) is 0 Å². The number of aromatic amines is 1. The van der Waals surface area contributed by atoms with Crippen LogP contribution in [0, 0.1) is 5.82 Å². The number of furan rings is 1. The number of nitrogens with one attached hydrogen (secondary N) is 1. The van der Waals surface area contributed by atoms with Gasteiger partial charge in [-0.25, -0.2) is 9.37 Å². The molecule has 1 N–H and O–H groups in total. The minimum absolute atomic E-state index is 0.269. The minimum atomic E-state index is -0.269. The molecule has 0 aliphatic carbocycles. The molecule has 136 valence electrons. The van der Waals surface area contributed by atoms with Gasteiger partial charge in [-0.05, 0) is 51.8 Å². The molecular formula is C17H11BrFN5O2S. The van der Waals surface area contributed by atoms with Crippen LogP contribution in [0.5, 0.6) is 0 Å². The molecule has 4 aromatic rings. The fraction of sp³-hybridized carbons (Fsp3) is 0.0588. The van der Waals surface area contributed by atoms with Gasteiger partial charge in [0.1, 0.15) is 11.6 Å². The summed E-state index contributed by atoms with van der Waals surface area (Å²) in [6, 6.07) is 9.67. The summed E-state index contributed by atoms with van der Waals surface area (Å²) in [6.07, 6.45) is 3.59. The maximum Gasteiger partial charge on any atom is 0.283 e. The van der Waals surface area contributed by atoms with Crippen molar-refractivity contribution in [2.45, 2.75) is 10.9 Å². The maximum absolute atomic E-state index is 12.9. The van der Waals surface area contributed by atoms with Gasteiger partial charge in [-0.2, -0.15) is 0 Å². The van der Waals surface area contributed by atoms with Crippen molar-refractivity contribution in [3.8, 4) is 11.7 Å². The van der Waals surface area contributed by atoms with Crippen molar-refractivity contribution in [3.05, 3.63) is 64.2 Å². The number of aromatic nitrogens is 5. The largest absolute Gasteiger partial charge is 0.444 e. The van der Waals surface area contributed by atoms with E-state index >= 15 is 0 Å². The fourth-order valence-corrected chi connectivity index (χ4v) is 3.06. The molecule has 27 heavy (non-hydrogen) atoms. The van der Waals surface area contributed by atoms with Crippen molar-refractivity contribution in [2.75, 3.05) is 0 Å². The summed E-state index contributed by atoms with van der Waals surface area (Å²) < 4.78 is 24.4. The normalized spacial score (nSPS) is 11.5. The molecular weight excluding hydrogens is 437 g/mol. The predicted molar refractivity (Wildman–Crippen MR) is 101 cm³/mol. The molecule has 4 rings (SSSR count). The minimum Gasteiger partial charge on any atom is -0.444 e. The molecule has 0 unspecified atom stereocenters. The van der Waals surface area contributed by atoms with E-state index in [-0.39, 0.29) is 5.82 Å². The number of nitrogens with zero attached hydrogens (tertiary/aromatic N) is 4. The third kappa shape index (κ3) is 4.52. The lowest BCUT2D eigenvalue weighted by Crippen LogP contribution is -1.82. The van der Waals surface area contributed by atoms with Crippen LogP contribution in [0.2, 0.25) is 0 Å². The van der Waals surface area contributed by atoms with Crippen molar-refractivity contribution < 1.29 is 13.2 Å². The van der Waals surface area contributed by atoms with Gasteiger partial charge < -0.3 is 8.83 Å². The van der Waals surface area contributed by atoms with Gasteiger partial charge in [-0.15, -0.1) is 15.3 Å². The van der Waals surface area contributed by atoms with Crippen LogP contribution in [-0.2, 0) is 5.75 Å². The lowest BCUT2D eigenvalue weighted by molar-refractivity contribution is 0.486. The standard InChI is InChI=1S/C17H11BrFN5O2S/c18-13-7-6-12(25-13)16-23-22-15(26-16)9-27-17-20-14(21-24-17)8-3-10-1-4-11(19)5-2-10/h1-8H,9H2,(H,20,21,24)/b8-3+. The Morgan fingerprint density at radius 1 is 1.07 bits per heavy atom. The zero-order valence-corrected chi connectivity index (χ0v) is 16.0. The lowest BCUT2D eigenvalue weighted by atomic mass is 10.2. The van der Waals surface area contributed by atoms with Gasteiger partial charge >= 0.3 is 0 Å². The van der Waals surface area contributed by atoms with E-state index in [1.54, 1.807) is 30.3 Å². The van der Waals surface area contributed by atoms with E-state index < -0.39 is 0 Å². The summed E-state index contributed by atoms with van der Waals surface area (Å²) in [5.74, 6) is 2.00. The lowest BCUT2D eigenvalue weighted by Gasteiger charge is -1.91. The Morgan fingerprint density at radius 2 is 1.93 bits per heavy atom. The van der Waals surface area contributed by atoms with E-state index in [4.69, 9.17) is 8.83 Å². The van der Waals surface area contributed by atoms with E-state index in [1.165, 1.54) is 23.9 Å². The molecule has 1 aromatic carbocycles. The molecule has 0 saturated carbocycles. The highest BCUT2D eigenvalue weighted by molar-refractivity contribution is 9.10. The molecule has 0 spiro atoms. The van der Waals surface area contributed by atoms with Crippen LogP contribution in [-0.4, -0.2) is 25.4 Å². The summed E-state index contributed by atoms with van der Waals surface area (Å²) in [6.45, 7) is 0. The summed E-state index contributed by atoms with van der Waals surface area (Å²) >= 11 is 4.59. The Kier molecular flexibility index (Phi) is 5.16. The summed E-state index contributed by atoms with van der Waals surface area (Å²) in [5.41, 5.74) is 0.866. The third-order valence-corrected chi connectivity index (χ3v) is 4.62. The Morgan fingerprint density at radius 3 is 2.70 bits per heavy atom. The Hall–Kier alpha value is -2.72. The Balaban J connectivity index is 1.36. The summed E-state index contributed by atoms with van der Waals surface area (Å²) in [4.78, 5) is 4.35. The molecule has 3 heterocycles. The van der Waals surface area contributed by atoms with Crippen LogP contribution in [0.1, 0.15) is 17.3 Å². The Bertz CT molecular complexity index is 1070. The third-order valence-electron chi connectivity index (χ3n) is 3.36. The zero-order valence-electron chi connectivity index (χ0n) is 13.6. The van der Waals surface area contributed by atoms with E-state index in [9.17, 15) is 4.39 Å². The summed E-state index contributed by atoms with van der Waals surface area (Å²) in [7, 11) is 0. The first-order valence-electron chi connectivity index (χ1n) is 7.73. The SMILES string of the molecule is Fc1ccc(/C=C/c2nc(SCc3nnc(-c4ccc(Br)o4)o3)n[nH]2)cc1. The highest BCUT2D eigenvalue weighted by Gasteiger charge is 2.13. The molecule has 3 aromatic heterocycles. The number of halogens is 2. The second-order valence-electron chi connectivity index (χ2n) is 5.28. The smallest absolute Gasteiger partial charge is 0.283 e. The molecule has 7 nitrogen and oxygen atoms in total. The molecule has 0 atom stereocenters. The van der Waals surface area contributed by atoms with Gasteiger partial charge in [-0.1, -0.05) is 30.0 Å². The Labute approximate surface area is 165 Å². The maximum atomic E-state index is 12.9. The molecule has 0 radical (unpaired) electrons. The van der Waals surface area contributed by atoms with Crippen LogP contribution in [0.3, 0.4) is 0 Å². The molecule has 0 saturated heterocycles. The van der Waals surface area contributed by atoms with Crippen molar-refractivity contribution >= 4 is 39.8 Å². The van der Waals surface area contributed by atoms with Crippen molar-refractivity contribution in [3.63, 3.8) is 0 Å². The van der Waals surface area contributed by atoms with Gasteiger partial charge in [0, 0.05) is 0 Å². The number of hydrogen-bond donors (Lipinski definition) is 1. The van der Waals surface area contributed by atoms with E-state index in [0.717, 1.165) is 5.56 Å². The van der Waals surface area contributed by atoms with Gasteiger partial charge in [0.25, 0.3) is 5.89 Å². The van der Waals surface area contributed by atoms with Crippen LogP contribution in [0.15, 0.2) is 55.1 Å². The molecule has 0 bridgehead atoms. The first kappa shape index (κ1) is 17.7. The molecule has 0 amide bonds. The number of H-pyrrole nitrogens is 1. The average molecular weight is 448 g/mol. The fourth-order valence-electron chi connectivity index (χ4n) is 2.11. The average Bonchev–Trinajstić information content (AvgIpc) is 3.40. The van der Waals surface area contributed by atoms with Crippen LogP contribution in [0.4, 0.5) is 4.39 Å². The van der Waals surface area contributed by atoms with Crippen molar-refractivity contribution in [1.82, 2.24) is 25.4 Å².